The number of benzene rings is 1. The molecule has 3 N–H and O–H groups in total. The molecule has 0 atom stereocenters. The van der Waals surface area contributed by atoms with Crippen LogP contribution in [0, 0.1) is 11.3 Å². The Morgan fingerprint density at radius 1 is 1.35 bits per heavy atom. The first-order valence-electron chi connectivity index (χ1n) is 5.36. The summed E-state index contributed by atoms with van der Waals surface area (Å²) >= 11 is 0. The van der Waals surface area contributed by atoms with Crippen LogP contribution in [0.3, 0.4) is 0 Å². The molecule has 0 aromatic heterocycles. The molecule has 0 unspecified atom stereocenters. The van der Waals surface area contributed by atoms with Gasteiger partial charge in [-0.25, -0.2) is 4.79 Å². The maximum absolute atomic E-state index is 11.0. The molecule has 4 nitrogen and oxygen atoms in total. The smallest absolute Gasteiger partial charge is 0.339 e. The molecule has 0 fully saturated rings. The van der Waals surface area contributed by atoms with Crippen LogP contribution in [0.1, 0.15) is 13.8 Å². The van der Waals surface area contributed by atoms with Crippen LogP contribution < -0.4 is 5.32 Å². The Morgan fingerprint density at radius 3 is 2.35 bits per heavy atom. The third-order valence-corrected chi connectivity index (χ3v) is 2.30. The zero-order valence-electron chi connectivity index (χ0n) is 9.90. The molecule has 0 radical (unpaired) electrons. The zero-order valence-corrected chi connectivity index (χ0v) is 9.90. The number of hydrogen-bond donors (Lipinski definition) is 3. The van der Waals surface area contributed by atoms with Crippen LogP contribution in [0.4, 0.5) is 5.69 Å². The van der Waals surface area contributed by atoms with E-state index in [0.717, 1.165) is 11.9 Å². The van der Waals surface area contributed by atoms with Crippen LogP contribution in [0.5, 0.6) is 0 Å². The summed E-state index contributed by atoms with van der Waals surface area (Å²) in [6.45, 7) is 3.77. The van der Waals surface area contributed by atoms with Crippen molar-refractivity contribution in [2.45, 2.75) is 13.8 Å². The van der Waals surface area contributed by atoms with Crippen molar-refractivity contribution in [3.05, 3.63) is 41.6 Å². The van der Waals surface area contributed by atoms with Crippen LogP contribution in [-0.4, -0.2) is 17.3 Å². The molecule has 4 heteroatoms. The molecule has 0 spiro atoms. The van der Waals surface area contributed by atoms with E-state index in [1.165, 1.54) is 0 Å². The van der Waals surface area contributed by atoms with E-state index >= 15 is 0 Å². The van der Waals surface area contributed by atoms with Gasteiger partial charge < -0.3 is 15.8 Å². The summed E-state index contributed by atoms with van der Waals surface area (Å²) in [5.74, 6) is -1.09. The van der Waals surface area contributed by atoms with Gasteiger partial charge in [0.15, 0.2) is 0 Å². The molecule has 0 saturated heterocycles. The lowest BCUT2D eigenvalue weighted by Crippen LogP contribution is -2.15. The highest BCUT2D eigenvalue weighted by Crippen LogP contribution is 2.18. The van der Waals surface area contributed by atoms with Crippen LogP contribution in [-0.2, 0) is 4.79 Å². The van der Waals surface area contributed by atoms with E-state index in [1.807, 2.05) is 44.2 Å². The maximum atomic E-state index is 11.0. The third-order valence-electron chi connectivity index (χ3n) is 2.30. The molecule has 0 saturated carbocycles. The van der Waals surface area contributed by atoms with Gasteiger partial charge in [0.05, 0.1) is 5.57 Å². The van der Waals surface area contributed by atoms with Crippen LogP contribution >= 0.6 is 0 Å². The fraction of sp³-hybridized carbons (Fsp3) is 0.231. The van der Waals surface area contributed by atoms with Crippen molar-refractivity contribution in [1.29, 1.82) is 5.41 Å². The number of anilines is 1. The van der Waals surface area contributed by atoms with E-state index < -0.39 is 5.97 Å². The minimum atomic E-state index is -1.09. The lowest BCUT2D eigenvalue weighted by molar-refractivity contribution is -0.132. The van der Waals surface area contributed by atoms with Crippen molar-refractivity contribution in [3.63, 3.8) is 0 Å². The van der Waals surface area contributed by atoms with Gasteiger partial charge in [0.1, 0.15) is 0 Å². The Morgan fingerprint density at radius 2 is 1.94 bits per heavy atom. The second-order valence-corrected chi connectivity index (χ2v) is 3.92. The summed E-state index contributed by atoms with van der Waals surface area (Å²) in [5.41, 5.74) is 1.35. The lowest BCUT2D eigenvalue weighted by atomic mass is 10.0. The highest BCUT2D eigenvalue weighted by Gasteiger charge is 2.15. The molecule has 0 amide bonds. The van der Waals surface area contributed by atoms with E-state index in [-0.39, 0.29) is 11.5 Å². The highest BCUT2D eigenvalue weighted by atomic mass is 16.4. The average molecular weight is 232 g/mol. The van der Waals surface area contributed by atoms with Crippen molar-refractivity contribution < 1.29 is 9.90 Å². The standard InChI is InChI=1S/C13H16N2O2/c1-9(2)12(11(8-14)13(16)17)15-10-6-4-3-5-7-10/h3-9,14-15H,1-2H3,(H,16,17)/b12-11+,14-8?. The molecule has 0 aliphatic rings. The monoisotopic (exact) mass is 232 g/mol. The van der Waals surface area contributed by atoms with Gasteiger partial charge in [-0.1, -0.05) is 32.0 Å². The van der Waals surface area contributed by atoms with Crippen molar-refractivity contribution in [1.82, 2.24) is 0 Å². The minimum Gasteiger partial charge on any atom is -0.478 e. The number of rotatable bonds is 5. The van der Waals surface area contributed by atoms with Gasteiger partial charge in [-0.3, -0.25) is 0 Å². The number of carboxylic acid groups (broad SMARTS) is 1. The zero-order chi connectivity index (χ0) is 12.8. The first-order valence-corrected chi connectivity index (χ1v) is 5.36. The Hall–Kier alpha value is -2.10. The Kier molecular flexibility index (Phi) is 4.46. The summed E-state index contributed by atoms with van der Waals surface area (Å²) in [7, 11) is 0. The minimum absolute atomic E-state index is 0.00269. The van der Waals surface area contributed by atoms with Gasteiger partial charge in [-0.15, -0.1) is 0 Å². The summed E-state index contributed by atoms with van der Waals surface area (Å²) in [6, 6.07) is 9.33. The van der Waals surface area contributed by atoms with Gasteiger partial charge in [-0.05, 0) is 18.1 Å². The molecule has 0 aliphatic heterocycles. The summed E-state index contributed by atoms with van der Waals surface area (Å²) in [4.78, 5) is 11.0. The first-order chi connectivity index (χ1) is 8.06. The van der Waals surface area contributed by atoms with Crippen molar-refractivity contribution in [3.8, 4) is 0 Å². The molecule has 0 bridgehead atoms. The number of allylic oxidation sites excluding steroid dienone is 1. The highest BCUT2D eigenvalue weighted by molar-refractivity contribution is 6.08. The van der Waals surface area contributed by atoms with Crippen LogP contribution in [0.2, 0.25) is 0 Å². The van der Waals surface area contributed by atoms with Crippen LogP contribution in [0.25, 0.3) is 0 Å². The van der Waals surface area contributed by atoms with Gasteiger partial charge in [0.25, 0.3) is 0 Å². The number of carboxylic acids is 1. The van der Waals surface area contributed by atoms with E-state index in [9.17, 15) is 4.79 Å². The van der Waals surface area contributed by atoms with Crippen molar-refractivity contribution >= 4 is 17.9 Å². The first kappa shape index (κ1) is 13.0. The second kappa shape index (κ2) is 5.84. The van der Waals surface area contributed by atoms with Gasteiger partial charge >= 0.3 is 5.97 Å². The lowest BCUT2D eigenvalue weighted by Gasteiger charge is -2.16. The van der Waals surface area contributed by atoms with E-state index in [4.69, 9.17) is 10.5 Å². The number of hydrogen-bond acceptors (Lipinski definition) is 3. The fourth-order valence-electron chi connectivity index (χ4n) is 1.45. The van der Waals surface area contributed by atoms with E-state index in [1.54, 1.807) is 0 Å². The van der Waals surface area contributed by atoms with Crippen LogP contribution in [0.15, 0.2) is 41.6 Å². The maximum Gasteiger partial charge on any atom is 0.339 e. The van der Waals surface area contributed by atoms with E-state index in [0.29, 0.717) is 5.70 Å². The molecular formula is C13H16N2O2. The van der Waals surface area contributed by atoms with Crippen molar-refractivity contribution in [2.24, 2.45) is 5.92 Å². The second-order valence-electron chi connectivity index (χ2n) is 3.92. The molecule has 1 aromatic carbocycles. The molecule has 90 valence electrons. The number of aliphatic carboxylic acids is 1. The predicted octanol–water partition coefficient (Wildman–Crippen LogP) is 2.74. The summed E-state index contributed by atoms with van der Waals surface area (Å²) in [6.07, 6.45) is 0.869. The molecule has 17 heavy (non-hydrogen) atoms. The number of para-hydroxylation sites is 1. The topological polar surface area (TPSA) is 73.2 Å². The SMILES string of the molecule is CC(C)/C(Nc1ccccc1)=C(/C=N)C(=O)O. The third kappa shape index (κ3) is 3.45. The summed E-state index contributed by atoms with van der Waals surface area (Å²) in [5, 5.41) is 19.3. The molecular weight excluding hydrogens is 216 g/mol. The number of nitrogens with one attached hydrogen (secondary N) is 2. The van der Waals surface area contributed by atoms with Gasteiger partial charge in [-0.2, -0.15) is 0 Å². The fourth-order valence-corrected chi connectivity index (χ4v) is 1.45. The summed E-state index contributed by atoms with van der Waals surface area (Å²) < 4.78 is 0. The quantitative estimate of drug-likeness (QED) is 0.540. The molecule has 0 aliphatic carbocycles. The van der Waals surface area contributed by atoms with Crippen molar-refractivity contribution in [2.75, 3.05) is 5.32 Å². The molecule has 0 heterocycles. The van der Waals surface area contributed by atoms with Gasteiger partial charge in [0, 0.05) is 17.6 Å². The Labute approximate surface area is 100 Å². The molecule has 1 aromatic rings. The van der Waals surface area contributed by atoms with Gasteiger partial charge in [0.2, 0.25) is 0 Å². The Balaban J connectivity index is 3.10. The Bertz CT molecular complexity index is 436. The predicted molar refractivity (Wildman–Crippen MR) is 68.3 cm³/mol. The largest absolute Gasteiger partial charge is 0.478 e. The number of carbonyl (C=O) groups is 1. The normalized spacial score (nSPS) is 11.9. The average Bonchev–Trinajstić information content (AvgIpc) is 2.29. The molecule has 1 rings (SSSR count). The van der Waals surface area contributed by atoms with E-state index in [2.05, 4.69) is 5.32 Å².